The Morgan fingerprint density at radius 3 is 1.13 bits per heavy atom. The third-order valence-corrected chi connectivity index (χ3v) is 10.1. The summed E-state index contributed by atoms with van der Waals surface area (Å²) >= 11 is 0. The van der Waals surface area contributed by atoms with Gasteiger partial charge < -0.3 is 0 Å². The van der Waals surface area contributed by atoms with E-state index in [0.717, 1.165) is 12.8 Å². The highest BCUT2D eigenvalue weighted by Gasteiger charge is 2.47. The fraction of sp³-hybridized carbons (Fsp3) is 0.667. The molecule has 2 aromatic rings. The van der Waals surface area contributed by atoms with Crippen LogP contribution < -0.4 is 0 Å². The van der Waals surface area contributed by atoms with Gasteiger partial charge in [-0.05, 0) is 86.2 Å². The molecule has 0 bridgehead atoms. The van der Waals surface area contributed by atoms with Gasteiger partial charge in [0.2, 0.25) is 0 Å². The van der Waals surface area contributed by atoms with Crippen LogP contribution in [0.4, 0.5) is 0 Å². The smallest absolute Gasteiger partial charge is 0.104 e. The molecule has 2 saturated carbocycles. The number of rotatable bonds is 11. The molecular weight excluding hydrogens is 464 g/mol. The van der Waals surface area contributed by atoms with Crippen LogP contribution in [0.15, 0.2) is 60.7 Å². The second-order valence-electron chi connectivity index (χ2n) is 14.3. The van der Waals surface area contributed by atoms with Gasteiger partial charge in [-0.3, -0.25) is 0 Å². The van der Waals surface area contributed by atoms with Crippen LogP contribution in [0.2, 0.25) is 0 Å². The normalized spacial score (nSPS) is 21.5. The van der Waals surface area contributed by atoms with Crippen molar-refractivity contribution < 1.29 is 9.78 Å². The molecule has 2 atom stereocenters. The van der Waals surface area contributed by atoms with E-state index in [1.54, 1.807) is 0 Å². The Kier molecular flexibility index (Phi) is 9.47. The molecule has 2 fully saturated rings. The molecular formula is C36H54O2. The monoisotopic (exact) mass is 518 g/mol. The first-order chi connectivity index (χ1) is 18.0. The lowest BCUT2D eigenvalue weighted by Gasteiger charge is -2.48. The summed E-state index contributed by atoms with van der Waals surface area (Å²) in [6.07, 6.45) is 14.8. The molecule has 0 N–H and O–H groups in total. The van der Waals surface area contributed by atoms with Gasteiger partial charge in [0, 0.05) is 0 Å². The molecule has 0 aliphatic heterocycles. The number of hydrogen-bond donors (Lipinski definition) is 0. The van der Waals surface area contributed by atoms with E-state index in [1.165, 1.54) is 75.3 Å². The molecule has 2 nitrogen and oxygen atoms in total. The van der Waals surface area contributed by atoms with Gasteiger partial charge in [-0.2, -0.15) is 0 Å². The van der Waals surface area contributed by atoms with Gasteiger partial charge in [-0.25, -0.2) is 9.78 Å². The quantitative estimate of drug-likeness (QED) is 0.217. The van der Waals surface area contributed by atoms with E-state index >= 15 is 0 Å². The summed E-state index contributed by atoms with van der Waals surface area (Å²) in [5.41, 5.74) is 2.11. The highest BCUT2D eigenvalue weighted by Crippen LogP contribution is 2.47. The van der Waals surface area contributed by atoms with Crippen molar-refractivity contribution in [1.82, 2.24) is 0 Å². The van der Waals surface area contributed by atoms with Crippen molar-refractivity contribution in [3.8, 4) is 0 Å². The van der Waals surface area contributed by atoms with Crippen LogP contribution >= 0.6 is 0 Å². The van der Waals surface area contributed by atoms with Gasteiger partial charge in [0.25, 0.3) is 0 Å². The zero-order valence-electron chi connectivity index (χ0n) is 25.2. The van der Waals surface area contributed by atoms with Gasteiger partial charge in [0.05, 0.1) is 0 Å². The molecule has 38 heavy (non-hydrogen) atoms. The van der Waals surface area contributed by atoms with Crippen LogP contribution in [0.1, 0.15) is 130 Å². The maximum atomic E-state index is 6.93. The SMILES string of the molecule is CC(C)(CC(C)(OOC(C)(CC(C)(C)c1ccccc1)C1CCCCC1)C1CCCCC1)c1ccccc1. The molecule has 4 rings (SSSR count). The van der Waals surface area contributed by atoms with Gasteiger partial charge >= 0.3 is 0 Å². The lowest BCUT2D eigenvalue weighted by Crippen LogP contribution is -2.49. The van der Waals surface area contributed by atoms with Crippen molar-refractivity contribution >= 4 is 0 Å². The third kappa shape index (κ3) is 7.11. The van der Waals surface area contributed by atoms with Gasteiger partial charge in [0.15, 0.2) is 0 Å². The topological polar surface area (TPSA) is 18.5 Å². The molecule has 2 aliphatic rings. The second kappa shape index (κ2) is 12.3. The van der Waals surface area contributed by atoms with E-state index in [2.05, 4.69) is 102 Å². The zero-order valence-corrected chi connectivity index (χ0v) is 25.2. The average molecular weight is 519 g/mol. The molecule has 0 saturated heterocycles. The molecule has 210 valence electrons. The molecule has 2 heteroatoms. The van der Waals surface area contributed by atoms with Crippen LogP contribution in [0.25, 0.3) is 0 Å². The molecule has 0 radical (unpaired) electrons. The van der Waals surface area contributed by atoms with Crippen LogP contribution in [0.5, 0.6) is 0 Å². The predicted molar refractivity (Wildman–Crippen MR) is 160 cm³/mol. The van der Waals surface area contributed by atoms with Crippen molar-refractivity contribution in [2.24, 2.45) is 11.8 Å². The molecule has 2 aromatic carbocycles. The first kappa shape index (κ1) is 29.3. The van der Waals surface area contributed by atoms with Crippen LogP contribution in [0, 0.1) is 11.8 Å². The average Bonchev–Trinajstić information content (AvgIpc) is 2.93. The third-order valence-electron chi connectivity index (χ3n) is 10.1. The van der Waals surface area contributed by atoms with Crippen molar-refractivity contribution in [2.75, 3.05) is 0 Å². The van der Waals surface area contributed by atoms with E-state index in [1.807, 2.05) is 0 Å². The Labute approximate surface area is 233 Å². The maximum absolute atomic E-state index is 6.93. The standard InChI is InChI=1S/C36H54O2/c1-33(2,29-19-11-7-12-20-29)27-35(5,31-23-15-9-16-24-31)37-38-36(6,32-25-17-10-18-26-32)28-34(3,4)30-21-13-8-14-22-30/h7-8,11-14,19-22,31-32H,9-10,15-18,23-28H2,1-6H3. The van der Waals surface area contributed by atoms with Gasteiger partial charge in [0.1, 0.15) is 11.2 Å². The van der Waals surface area contributed by atoms with Crippen molar-refractivity contribution in [2.45, 2.75) is 141 Å². The fourth-order valence-electron chi connectivity index (χ4n) is 7.84. The first-order valence-electron chi connectivity index (χ1n) is 15.5. The summed E-state index contributed by atoms with van der Waals surface area (Å²) in [7, 11) is 0. The largest absolute Gasteiger partial charge is 0.229 e. The van der Waals surface area contributed by atoms with Crippen molar-refractivity contribution in [3.05, 3.63) is 71.8 Å². The summed E-state index contributed by atoms with van der Waals surface area (Å²) in [5, 5.41) is 0. The highest BCUT2D eigenvalue weighted by atomic mass is 17.2. The van der Waals surface area contributed by atoms with E-state index in [-0.39, 0.29) is 22.0 Å². The van der Waals surface area contributed by atoms with E-state index in [4.69, 9.17) is 9.78 Å². The molecule has 0 aromatic heterocycles. The lowest BCUT2D eigenvalue weighted by molar-refractivity contribution is -0.432. The van der Waals surface area contributed by atoms with Crippen molar-refractivity contribution in [3.63, 3.8) is 0 Å². The van der Waals surface area contributed by atoms with Gasteiger partial charge in [-0.1, -0.05) is 127 Å². The summed E-state index contributed by atoms with van der Waals surface area (Å²) in [6.45, 7) is 14.2. The van der Waals surface area contributed by atoms with E-state index in [0.29, 0.717) is 11.8 Å². The fourth-order valence-corrected chi connectivity index (χ4v) is 7.84. The van der Waals surface area contributed by atoms with Gasteiger partial charge in [-0.15, -0.1) is 0 Å². The molecule has 2 unspecified atom stereocenters. The predicted octanol–water partition coefficient (Wildman–Crippen LogP) is 10.3. The Balaban J connectivity index is 1.61. The van der Waals surface area contributed by atoms with Crippen LogP contribution in [-0.2, 0) is 20.6 Å². The minimum absolute atomic E-state index is 0.00136. The summed E-state index contributed by atoms with van der Waals surface area (Å²) < 4.78 is 0. The van der Waals surface area contributed by atoms with E-state index in [9.17, 15) is 0 Å². The first-order valence-corrected chi connectivity index (χ1v) is 15.5. The minimum atomic E-state index is -0.327. The Hall–Kier alpha value is -1.64. The Morgan fingerprint density at radius 1 is 0.500 bits per heavy atom. The summed E-state index contributed by atoms with van der Waals surface area (Å²) in [6, 6.07) is 22.0. The maximum Gasteiger partial charge on any atom is 0.104 e. The van der Waals surface area contributed by atoms with Crippen LogP contribution in [-0.4, -0.2) is 11.2 Å². The molecule has 0 amide bonds. The number of hydrogen-bond acceptors (Lipinski definition) is 2. The Bertz CT molecular complexity index is 887. The van der Waals surface area contributed by atoms with Crippen LogP contribution in [0.3, 0.4) is 0 Å². The summed E-state index contributed by atoms with van der Waals surface area (Å²) in [4.78, 5) is 13.9. The lowest BCUT2D eigenvalue weighted by atomic mass is 9.68. The molecule has 0 spiro atoms. The second-order valence-corrected chi connectivity index (χ2v) is 14.3. The molecule has 2 aliphatic carbocycles. The zero-order chi connectivity index (χ0) is 27.3. The highest BCUT2D eigenvalue weighted by molar-refractivity contribution is 5.25. The minimum Gasteiger partial charge on any atom is -0.229 e. The molecule has 0 heterocycles. The Morgan fingerprint density at radius 2 is 0.816 bits per heavy atom. The van der Waals surface area contributed by atoms with E-state index < -0.39 is 0 Å². The number of benzene rings is 2. The summed E-state index contributed by atoms with van der Waals surface area (Å²) in [5.74, 6) is 1.05. The van der Waals surface area contributed by atoms with Crippen molar-refractivity contribution in [1.29, 1.82) is 0 Å².